The van der Waals surface area contributed by atoms with Gasteiger partial charge < -0.3 is 14.2 Å². The Morgan fingerprint density at radius 1 is 1.09 bits per heavy atom. The largest absolute Gasteiger partial charge is 0.385 e. The molecule has 0 bridgehead atoms. The van der Waals surface area contributed by atoms with Crippen LogP contribution in [-0.4, -0.2) is 46.8 Å². The minimum atomic E-state index is 0.602. The van der Waals surface area contributed by atoms with Gasteiger partial charge in [-0.1, -0.05) is 42.5 Å². The molecule has 7 heteroatoms. The van der Waals surface area contributed by atoms with Crippen molar-refractivity contribution < 1.29 is 4.74 Å². The van der Waals surface area contributed by atoms with Crippen LogP contribution in [0.15, 0.2) is 60.8 Å². The zero-order valence-electron chi connectivity index (χ0n) is 18.4. The normalized spacial score (nSPS) is 10.9. The summed E-state index contributed by atoms with van der Waals surface area (Å²) in [6.45, 7) is 2.16. The molecule has 2 aromatic carbocycles. The first-order valence-corrected chi connectivity index (χ1v) is 10.7. The molecule has 0 atom stereocenters. The number of ether oxygens (including phenoxy) is 1. The summed E-state index contributed by atoms with van der Waals surface area (Å²) in [5, 5.41) is 9.30. The summed E-state index contributed by atoms with van der Waals surface area (Å²) in [6, 6.07) is 20.1. The van der Waals surface area contributed by atoms with Crippen LogP contribution < -0.4 is 4.90 Å². The maximum atomic E-state index is 9.30. The second kappa shape index (κ2) is 10.0. The zero-order chi connectivity index (χ0) is 22.3. The summed E-state index contributed by atoms with van der Waals surface area (Å²) in [5.74, 6) is 1.45. The monoisotopic (exact) mass is 426 g/mol. The van der Waals surface area contributed by atoms with Crippen LogP contribution in [0, 0.1) is 11.3 Å². The molecule has 0 aliphatic heterocycles. The molecular weight excluding hydrogens is 400 g/mol. The van der Waals surface area contributed by atoms with Crippen LogP contribution in [0.1, 0.15) is 17.5 Å². The average molecular weight is 427 g/mol. The van der Waals surface area contributed by atoms with Gasteiger partial charge in [0.2, 0.25) is 5.95 Å². The minimum absolute atomic E-state index is 0.602. The van der Waals surface area contributed by atoms with Gasteiger partial charge >= 0.3 is 0 Å². The number of rotatable bonds is 9. The lowest BCUT2D eigenvalue weighted by Crippen LogP contribution is -2.22. The number of nitrogens with zero attached hydrogens (tertiary/aromatic N) is 6. The van der Waals surface area contributed by atoms with Gasteiger partial charge in [0.05, 0.1) is 17.8 Å². The van der Waals surface area contributed by atoms with Gasteiger partial charge in [-0.05, 0) is 30.5 Å². The Morgan fingerprint density at radius 2 is 1.94 bits per heavy atom. The first-order chi connectivity index (χ1) is 15.7. The van der Waals surface area contributed by atoms with Crippen LogP contribution in [0.4, 0.5) is 5.95 Å². The molecule has 0 radical (unpaired) electrons. The van der Waals surface area contributed by atoms with E-state index in [2.05, 4.69) is 44.8 Å². The lowest BCUT2D eigenvalue weighted by molar-refractivity contribution is 0.191. The molecule has 7 nitrogen and oxygen atoms in total. The van der Waals surface area contributed by atoms with E-state index < -0.39 is 0 Å². The van der Waals surface area contributed by atoms with E-state index in [0.717, 1.165) is 41.9 Å². The van der Waals surface area contributed by atoms with Crippen molar-refractivity contribution in [3.63, 3.8) is 0 Å². The van der Waals surface area contributed by atoms with Crippen LogP contribution in [0.3, 0.4) is 0 Å². The number of aryl methyl sites for hydroxylation is 1. The van der Waals surface area contributed by atoms with Gasteiger partial charge in [-0.3, -0.25) is 0 Å². The Labute approximate surface area is 187 Å². The number of benzene rings is 2. The third-order valence-electron chi connectivity index (χ3n) is 5.38. The molecule has 0 saturated heterocycles. The third-order valence-corrected chi connectivity index (χ3v) is 5.38. The van der Waals surface area contributed by atoms with E-state index in [1.165, 1.54) is 5.56 Å². The first-order valence-electron chi connectivity index (χ1n) is 10.7. The van der Waals surface area contributed by atoms with Gasteiger partial charge in [0, 0.05) is 39.4 Å². The molecule has 4 rings (SSSR count). The highest BCUT2D eigenvalue weighted by Gasteiger charge is 2.16. The first kappa shape index (κ1) is 21.5. The Balaban J connectivity index is 1.67. The number of hydrogen-bond donors (Lipinski definition) is 0. The highest BCUT2D eigenvalue weighted by Crippen LogP contribution is 2.26. The number of methoxy groups -OCH3 is 1. The molecule has 0 fully saturated rings. The number of fused-ring (bicyclic) bond motifs is 1. The fourth-order valence-corrected chi connectivity index (χ4v) is 3.66. The van der Waals surface area contributed by atoms with Crippen molar-refractivity contribution in [1.29, 1.82) is 5.26 Å². The minimum Gasteiger partial charge on any atom is -0.385 e. The molecule has 4 aromatic rings. The van der Waals surface area contributed by atoms with Crippen LogP contribution >= 0.6 is 0 Å². The lowest BCUT2D eigenvalue weighted by atomic mass is 10.1. The second-order valence-electron chi connectivity index (χ2n) is 7.66. The summed E-state index contributed by atoms with van der Waals surface area (Å²) < 4.78 is 7.35. The number of nitriles is 1. The third kappa shape index (κ3) is 4.76. The van der Waals surface area contributed by atoms with Gasteiger partial charge in [0.25, 0.3) is 0 Å². The number of anilines is 1. The summed E-state index contributed by atoms with van der Waals surface area (Å²) in [4.78, 5) is 16.3. The maximum absolute atomic E-state index is 9.30. The molecule has 0 N–H and O–H groups in total. The molecule has 0 amide bonds. The van der Waals surface area contributed by atoms with Gasteiger partial charge in [-0.25, -0.2) is 9.97 Å². The van der Waals surface area contributed by atoms with E-state index in [4.69, 9.17) is 14.7 Å². The van der Waals surface area contributed by atoms with E-state index in [1.54, 1.807) is 19.4 Å². The summed E-state index contributed by atoms with van der Waals surface area (Å²) in [5.41, 5.74) is 4.29. The summed E-state index contributed by atoms with van der Waals surface area (Å²) in [6.07, 6.45) is 3.52. The number of likely N-dealkylation sites (N-methyl/N-ethyl adjacent to an activating group) is 1. The van der Waals surface area contributed by atoms with E-state index in [1.807, 2.05) is 31.3 Å². The molecular formula is C25H26N6O. The molecule has 2 heterocycles. The Morgan fingerprint density at radius 3 is 2.72 bits per heavy atom. The number of hydrogen-bond acceptors (Lipinski definition) is 6. The predicted octanol–water partition coefficient (Wildman–Crippen LogP) is 4.08. The average Bonchev–Trinajstić information content (AvgIpc) is 3.21. The highest BCUT2D eigenvalue weighted by molar-refractivity contribution is 5.77. The van der Waals surface area contributed by atoms with Crippen molar-refractivity contribution in [2.75, 3.05) is 32.2 Å². The molecule has 2 aromatic heterocycles. The van der Waals surface area contributed by atoms with E-state index in [-0.39, 0.29) is 0 Å². The van der Waals surface area contributed by atoms with Gasteiger partial charge in [-0.15, -0.1) is 0 Å². The van der Waals surface area contributed by atoms with Crippen LogP contribution in [0.5, 0.6) is 0 Å². The predicted molar refractivity (Wildman–Crippen MR) is 125 cm³/mol. The SMILES string of the molecule is COCCCn1c(-c2cccc(C#N)c2)nc2cnc(N(C)CCc3ccccc3)nc21. The lowest BCUT2D eigenvalue weighted by Gasteiger charge is -2.17. The highest BCUT2D eigenvalue weighted by atomic mass is 16.5. The fourth-order valence-electron chi connectivity index (χ4n) is 3.66. The van der Waals surface area contributed by atoms with Crippen molar-refractivity contribution in [3.8, 4) is 17.5 Å². The topological polar surface area (TPSA) is 79.9 Å². The van der Waals surface area contributed by atoms with Crippen LogP contribution in [-0.2, 0) is 17.7 Å². The van der Waals surface area contributed by atoms with E-state index in [9.17, 15) is 5.26 Å². The quantitative estimate of drug-likeness (QED) is 0.375. The van der Waals surface area contributed by atoms with Gasteiger partial charge in [-0.2, -0.15) is 10.2 Å². The molecule has 0 unspecified atom stereocenters. The molecule has 0 aliphatic rings. The molecule has 162 valence electrons. The van der Waals surface area contributed by atoms with Crippen molar-refractivity contribution in [3.05, 3.63) is 71.9 Å². The Bertz CT molecular complexity index is 1230. The second-order valence-corrected chi connectivity index (χ2v) is 7.66. The fraction of sp³-hybridized carbons (Fsp3) is 0.280. The molecule has 0 saturated carbocycles. The Kier molecular flexibility index (Phi) is 6.73. The molecule has 32 heavy (non-hydrogen) atoms. The molecule has 0 spiro atoms. The summed E-state index contributed by atoms with van der Waals surface area (Å²) >= 11 is 0. The molecule has 0 aliphatic carbocycles. The Hall–Kier alpha value is -3.76. The maximum Gasteiger partial charge on any atom is 0.227 e. The number of imidazole rings is 1. The van der Waals surface area contributed by atoms with Gasteiger partial charge in [0.15, 0.2) is 5.65 Å². The standard InChI is InChI=1S/C25H26N6O/c1-30(14-12-19-8-4-3-5-9-19)25-27-18-22-24(29-25)31(13-7-15-32-2)23(28-22)21-11-6-10-20(16-21)17-26/h3-6,8-11,16,18H,7,12-15H2,1-2H3. The van der Waals surface area contributed by atoms with Crippen molar-refractivity contribution in [2.24, 2.45) is 0 Å². The van der Waals surface area contributed by atoms with E-state index in [0.29, 0.717) is 24.7 Å². The van der Waals surface area contributed by atoms with Crippen LogP contribution in [0.2, 0.25) is 0 Å². The number of aromatic nitrogens is 4. The van der Waals surface area contributed by atoms with Crippen molar-refractivity contribution in [2.45, 2.75) is 19.4 Å². The van der Waals surface area contributed by atoms with Gasteiger partial charge in [0.1, 0.15) is 11.3 Å². The zero-order valence-corrected chi connectivity index (χ0v) is 18.4. The van der Waals surface area contributed by atoms with Crippen molar-refractivity contribution in [1.82, 2.24) is 19.5 Å². The smallest absolute Gasteiger partial charge is 0.227 e. The van der Waals surface area contributed by atoms with Crippen molar-refractivity contribution >= 4 is 17.1 Å². The summed E-state index contributed by atoms with van der Waals surface area (Å²) in [7, 11) is 3.71. The van der Waals surface area contributed by atoms with Crippen LogP contribution in [0.25, 0.3) is 22.6 Å². The van der Waals surface area contributed by atoms with E-state index >= 15 is 0 Å².